The van der Waals surface area contributed by atoms with Gasteiger partial charge in [0.15, 0.2) is 5.84 Å². The van der Waals surface area contributed by atoms with E-state index in [1.54, 1.807) is 0 Å². The Morgan fingerprint density at radius 3 is 2.19 bits per heavy atom. The molecule has 1 aliphatic carbocycles. The van der Waals surface area contributed by atoms with Gasteiger partial charge in [-0.2, -0.15) is 4.99 Å². The molecule has 3 aromatic heterocycles. The highest BCUT2D eigenvalue weighted by Crippen LogP contribution is 2.41. The molecule has 0 saturated heterocycles. The summed E-state index contributed by atoms with van der Waals surface area (Å²) < 4.78 is 11.2. The normalized spacial score (nSPS) is 13.5. The SMILES string of the molecule is N=C(N=C(N=CCc1ccccc1)n1c2ccccc2c2ccccc21)C1=c2c(oc3cccc(-c4cccc5c4sc4ccccc45)c23)=CCC1. The molecule has 3 heterocycles. The third kappa shape index (κ3) is 4.94. The van der Waals surface area contributed by atoms with E-state index in [-0.39, 0.29) is 5.84 Å². The first-order valence-corrected chi connectivity index (χ1v) is 18.4. The van der Waals surface area contributed by atoms with Crippen molar-refractivity contribution >= 4 is 93.9 Å². The van der Waals surface area contributed by atoms with E-state index in [2.05, 4.69) is 114 Å². The topological polar surface area (TPSA) is 66.6 Å². The number of hydrogen-bond donors (Lipinski definition) is 1. The molecule has 0 bridgehead atoms. The Morgan fingerprint density at radius 1 is 0.712 bits per heavy atom. The summed E-state index contributed by atoms with van der Waals surface area (Å²) in [6, 6.07) is 48.5. The minimum Gasteiger partial charge on any atom is -0.456 e. The standard InChI is InChI=1S/C46H32N4OS/c47-45(49-46(48-28-27-29-13-2-1-3-14-29)50-37-22-7-4-15-30(37)31-16-5-8-23-38(31)50)36-21-12-25-40-43(36)42-33(18-11-24-39(42)51-40)35-20-10-19-34-32-17-6-9-26-41(32)52-44(34)35/h1-11,13-20,22-26,28,47H,12,21,27H2. The van der Waals surface area contributed by atoms with E-state index in [0.29, 0.717) is 18.8 Å². The van der Waals surface area contributed by atoms with E-state index < -0.39 is 0 Å². The van der Waals surface area contributed by atoms with Gasteiger partial charge >= 0.3 is 0 Å². The average molecular weight is 689 g/mol. The summed E-state index contributed by atoms with van der Waals surface area (Å²) in [7, 11) is 0. The summed E-state index contributed by atoms with van der Waals surface area (Å²) in [5.74, 6) is 0.658. The van der Waals surface area contributed by atoms with E-state index in [0.717, 1.165) is 66.5 Å². The smallest absolute Gasteiger partial charge is 0.236 e. The van der Waals surface area contributed by atoms with Crippen molar-refractivity contribution in [2.75, 3.05) is 0 Å². The number of thiophene rings is 1. The lowest BCUT2D eigenvalue weighted by Gasteiger charge is -2.12. The molecule has 0 aliphatic heterocycles. The number of fused-ring (bicyclic) bond motifs is 9. The molecule has 0 unspecified atom stereocenters. The van der Waals surface area contributed by atoms with Crippen LogP contribution < -0.4 is 10.6 Å². The largest absolute Gasteiger partial charge is 0.456 e. The van der Waals surface area contributed by atoms with Crippen LogP contribution in [0.5, 0.6) is 0 Å². The van der Waals surface area contributed by atoms with Crippen molar-refractivity contribution in [3.63, 3.8) is 0 Å². The molecule has 52 heavy (non-hydrogen) atoms. The number of furan rings is 1. The summed E-state index contributed by atoms with van der Waals surface area (Å²) in [5.41, 5.74) is 7.93. The van der Waals surface area contributed by atoms with Crippen molar-refractivity contribution in [1.82, 2.24) is 4.57 Å². The Hall–Kier alpha value is -6.37. The minimum atomic E-state index is 0.195. The van der Waals surface area contributed by atoms with Crippen molar-refractivity contribution in [2.45, 2.75) is 19.3 Å². The molecular weight excluding hydrogens is 657 g/mol. The number of nitrogens with zero attached hydrogens (tertiary/aromatic N) is 3. The van der Waals surface area contributed by atoms with Gasteiger partial charge in [0.05, 0.1) is 11.0 Å². The Balaban J connectivity index is 1.20. The number of hydrogen-bond acceptors (Lipinski definition) is 3. The molecule has 1 N–H and O–H groups in total. The molecule has 6 aromatic carbocycles. The fourth-order valence-corrected chi connectivity index (χ4v) is 9.02. The first kappa shape index (κ1) is 30.5. The van der Waals surface area contributed by atoms with Crippen LogP contribution in [0.1, 0.15) is 18.4 Å². The highest BCUT2D eigenvalue weighted by molar-refractivity contribution is 7.26. The summed E-state index contributed by atoms with van der Waals surface area (Å²) >= 11 is 1.83. The van der Waals surface area contributed by atoms with Gasteiger partial charge in [-0.15, -0.1) is 11.3 Å². The molecule has 0 fully saturated rings. The second-order valence-corrected chi connectivity index (χ2v) is 14.2. The van der Waals surface area contributed by atoms with Crippen molar-refractivity contribution in [3.8, 4) is 11.1 Å². The van der Waals surface area contributed by atoms with Gasteiger partial charge in [-0.3, -0.25) is 9.98 Å². The van der Waals surface area contributed by atoms with Gasteiger partial charge in [0.2, 0.25) is 5.96 Å². The first-order valence-electron chi connectivity index (χ1n) is 17.6. The zero-order valence-corrected chi connectivity index (χ0v) is 29.0. The van der Waals surface area contributed by atoms with Gasteiger partial charge in [0, 0.05) is 65.3 Å². The van der Waals surface area contributed by atoms with Crippen molar-refractivity contribution in [3.05, 3.63) is 156 Å². The summed E-state index contributed by atoms with van der Waals surface area (Å²) in [4.78, 5) is 10.1. The third-order valence-corrected chi connectivity index (χ3v) is 11.3. The van der Waals surface area contributed by atoms with Crippen LogP contribution in [0.2, 0.25) is 0 Å². The van der Waals surface area contributed by atoms with Crippen LogP contribution in [0.25, 0.3) is 75.7 Å². The first-order chi connectivity index (χ1) is 25.7. The zero-order chi connectivity index (χ0) is 34.6. The van der Waals surface area contributed by atoms with Crippen molar-refractivity contribution in [2.24, 2.45) is 9.98 Å². The molecule has 0 amide bonds. The maximum absolute atomic E-state index is 9.69. The molecule has 248 valence electrons. The predicted octanol–water partition coefficient (Wildman–Crippen LogP) is 10.5. The summed E-state index contributed by atoms with van der Waals surface area (Å²) in [6.07, 6.45) is 6.17. The molecule has 5 nitrogen and oxygen atoms in total. The molecule has 1 aliphatic rings. The highest BCUT2D eigenvalue weighted by Gasteiger charge is 2.21. The van der Waals surface area contributed by atoms with Gasteiger partial charge in [0.25, 0.3) is 0 Å². The number of aromatic nitrogens is 1. The number of nitrogens with one attached hydrogen (secondary N) is 1. The van der Waals surface area contributed by atoms with E-state index in [1.807, 2.05) is 53.9 Å². The molecule has 6 heteroatoms. The molecule has 0 radical (unpaired) electrons. The number of rotatable bonds is 4. The molecule has 10 rings (SSSR count). The summed E-state index contributed by atoms with van der Waals surface area (Å²) in [6.45, 7) is 0. The van der Waals surface area contributed by atoms with Crippen LogP contribution in [0.4, 0.5) is 0 Å². The quantitative estimate of drug-likeness (QED) is 0.145. The zero-order valence-electron chi connectivity index (χ0n) is 28.2. The van der Waals surface area contributed by atoms with E-state index >= 15 is 0 Å². The molecule has 0 atom stereocenters. The average Bonchev–Trinajstić information content (AvgIpc) is 3.88. The van der Waals surface area contributed by atoms with E-state index in [4.69, 9.17) is 14.4 Å². The second-order valence-electron chi connectivity index (χ2n) is 13.2. The lowest BCUT2D eigenvalue weighted by atomic mass is 9.95. The Labute approximate surface area is 303 Å². The fraction of sp³-hybridized carbons (Fsp3) is 0.0652. The number of amidine groups is 1. The monoisotopic (exact) mass is 688 g/mol. The fourth-order valence-electron chi connectivity index (χ4n) is 7.79. The van der Waals surface area contributed by atoms with Crippen LogP contribution in [-0.2, 0) is 6.42 Å². The van der Waals surface area contributed by atoms with Crippen LogP contribution in [0, 0.1) is 5.41 Å². The number of aliphatic imine (C=N–C) groups is 2. The van der Waals surface area contributed by atoms with E-state index in [9.17, 15) is 5.41 Å². The van der Waals surface area contributed by atoms with Crippen LogP contribution in [0.3, 0.4) is 0 Å². The molecular formula is C46H32N4OS. The van der Waals surface area contributed by atoms with Gasteiger partial charge in [0.1, 0.15) is 11.0 Å². The lowest BCUT2D eigenvalue weighted by molar-refractivity contribution is 0.571. The maximum Gasteiger partial charge on any atom is 0.236 e. The Morgan fingerprint density at radius 2 is 1.38 bits per heavy atom. The molecule has 0 spiro atoms. The van der Waals surface area contributed by atoms with Gasteiger partial charge in [-0.25, -0.2) is 4.99 Å². The molecule has 9 aromatic rings. The third-order valence-electron chi connectivity index (χ3n) is 10.1. The van der Waals surface area contributed by atoms with Crippen molar-refractivity contribution < 1.29 is 4.42 Å². The van der Waals surface area contributed by atoms with Gasteiger partial charge in [-0.1, -0.05) is 115 Å². The van der Waals surface area contributed by atoms with Crippen LogP contribution in [0.15, 0.2) is 154 Å². The minimum absolute atomic E-state index is 0.195. The van der Waals surface area contributed by atoms with E-state index in [1.165, 1.54) is 25.7 Å². The Bertz CT molecular complexity index is 3020. The predicted molar refractivity (Wildman–Crippen MR) is 220 cm³/mol. The maximum atomic E-state index is 9.69. The lowest BCUT2D eigenvalue weighted by Crippen LogP contribution is -2.29. The van der Waals surface area contributed by atoms with Crippen molar-refractivity contribution in [1.29, 1.82) is 5.41 Å². The van der Waals surface area contributed by atoms with Crippen LogP contribution in [-0.4, -0.2) is 22.6 Å². The van der Waals surface area contributed by atoms with Gasteiger partial charge in [-0.05, 0) is 54.3 Å². The summed E-state index contributed by atoms with van der Waals surface area (Å²) in [5, 5.41) is 16.4. The molecule has 0 saturated carbocycles. The van der Waals surface area contributed by atoms with Gasteiger partial charge < -0.3 is 4.42 Å². The number of benzene rings is 6. The number of para-hydroxylation sites is 2. The highest BCUT2D eigenvalue weighted by atomic mass is 32.1. The second kappa shape index (κ2) is 12.4. The Kier molecular flexibility index (Phi) is 7.29. The van der Waals surface area contributed by atoms with Crippen LogP contribution >= 0.6 is 11.3 Å².